The van der Waals surface area contributed by atoms with Crippen molar-refractivity contribution in [2.45, 2.75) is 0 Å². The minimum atomic E-state index is -0.594. The van der Waals surface area contributed by atoms with Gasteiger partial charge < -0.3 is 4.74 Å². The number of nitro benzene ring substituents is 1. The van der Waals surface area contributed by atoms with Crippen molar-refractivity contribution in [2.75, 3.05) is 7.11 Å². The maximum Gasteiger partial charge on any atom is 0.281 e. The monoisotopic (exact) mass is 373 g/mol. The Bertz CT molecular complexity index is 1210. The molecule has 0 spiro atoms. The van der Waals surface area contributed by atoms with Crippen LogP contribution in [0.25, 0.3) is 31.7 Å². The number of hydrogen-bond acceptors (Lipinski definition) is 7. The van der Waals surface area contributed by atoms with Crippen molar-refractivity contribution in [3.63, 3.8) is 0 Å². The number of ether oxygens (including phenoxy) is 1. The average Bonchev–Trinajstić information content (AvgIpc) is 2.63. The molecule has 0 radical (unpaired) electrons. The molecule has 0 saturated heterocycles. The van der Waals surface area contributed by atoms with Crippen LogP contribution in [0.4, 0.5) is 5.69 Å². The largest absolute Gasteiger partial charge is 0.481 e. The lowest BCUT2D eigenvalue weighted by Gasteiger charge is -2.11. The molecule has 1 aromatic carbocycles. The van der Waals surface area contributed by atoms with Gasteiger partial charge in [-0.1, -0.05) is 23.7 Å². The van der Waals surface area contributed by atoms with Gasteiger partial charge in [-0.25, -0.2) is 9.97 Å². The number of rotatable bonds is 2. The number of nitro groups is 1. The molecule has 7 nitrogen and oxygen atoms in total. The van der Waals surface area contributed by atoms with Crippen LogP contribution in [0.5, 0.6) is 5.88 Å². The molecule has 124 valence electrons. The molecule has 4 rings (SSSR count). The van der Waals surface area contributed by atoms with E-state index in [0.29, 0.717) is 32.2 Å². The highest BCUT2D eigenvalue weighted by molar-refractivity contribution is 7.21. The number of non-ortho nitro benzene ring substituents is 1. The molecule has 0 N–H and O–H groups in total. The first kappa shape index (κ1) is 15.7. The molecule has 2 aliphatic rings. The second kappa shape index (κ2) is 5.61. The van der Waals surface area contributed by atoms with Gasteiger partial charge in [0.2, 0.25) is 11.3 Å². The lowest BCUT2D eigenvalue weighted by molar-refractivity contribution is -0.383. The molecule has 0 atom stereocenters. The summed E-state index contributed by atoms with van der Waals surface area (Å²) in [5.74, 6) is 0.416. The van der Waals surface area contributed by atoms with Crippen LogP contribution >= 0.6 is 22.9 Å². The van der Waals surface area contributed by atoms with Gasteiger partial charge in [0.15, 0.2) is 0 Å². The summed E-state index contributed by atoms with van der Waals surface area (Å²) in [4.78, 5) is 33.1. The quantitative estimate of drug-likeness (QED) is 0.229. The highest BCUT2D eigenvalue weighted by Crippen LogP contribution is 2.40. The van der Waals surface area contributed by atoms with Crippen molar-refractivity contribution in [1.82, 2.24) is 9.97 Å². The lowest BCUT2D eigenvalue weighted by Crippen LogP contribution is -2.08. The molecular weight excluding hydrogens is 366 g/mol. The van der Waals surface area contributed by atoms with Crippen LogP contribution in [-0.2, 0) is 0 Å². The summed E-state index contributed by atoms with van der Waals surface area (Å²) in [5, 5.41) is 11.5. The maximum absolute atomic E-state index is 12.6. The van der Waals surface area contributed by atoms with E-state index in [9.17, 15) is 14.9 Å². The number of hydrogen-bond donors (Lipinski definition) is 0. The summed E-state index contributed by atoms with van der Waals surface area (Å²) < 4.78 is 5.10. The maximum atomic E-state index is 12.6. The standard InChI is InChI=1S/C16H8ClN3O4S/c1-24-10-6-5-8-16(19-10)25-15-12(17)14(21)11-7(13(15)18-8)3-2-4-9(11)20(22)23/h2-6H,1H3. The lowest BCUT2D eigenvalue weighted by atomic mass is 10.0. The van der Waals surface area contributed by atoms with Crippen LogP contribution in [0.15, 0.2) is 35.1 Å². The smallest absolute Gasteiger partial charge is 0.281 e. The molecule has 0 saturated carbocycles. The molecule has 9 heteroatoms. The number of benzene rings is 2. The number of pyridine rings is 1. The zero-order valence-corrected chi connectivity index (χ0v) is 14.2. The first-order valence-corrected chi connectivity index (χ1v) is 8.25. The van der Waals surface area contributed by atoms with E-state index in [2.05, 4.69) is 9.97 Å². The molecule has 0 fully saturated rings. The van der Waals surface area contributed by atoms with Gasteiger partial charge in [0.1, 0.15) is 20.8 Å². The fourth-order valence-electron chi connectivity index (χ4n) is 2.68. The number of halogens is 1. The van der Waals surface area contributed by atoms with Crippen molar-refractivity contribution >= 4 is 49.7 Å². The third-order valence-electron chi connectivity index (χ3n) is 3.79. The minimum Gasteiger partial charge on any atom is -0.481 e. The third-order valence-corrected chi connectivity index (χ3v) is 5.36. The zero-order valence-electron chi connectivity index (χ0n) is 12.6. The van der Waals surface area contributed by atoms with Gasteiger partial charge in [0, 0.05) is 17.5 Å². The molecule has 25 heavy (non-hydrogen) atoms. The van der Waals surface area contributed by atoms with Gasteiger partial charge in [-0.05, 0) is 6.07 Å². The van der Waals surface area contributed by atoms with Gasteiger partial charge in [-0.3, -0.25) is 14.9 Å². The number of methoxy groups -OCH3 is 1. The first-order valence-electron chi connectivity index (χ1n) is 7.05. The van der Waals surface area contributed by atoms with Crippen molar-refractivity contribution in [1.29, 1.82) is 0 Å². The van der Waals surface area contributed by atoms with Crippen LogP contribution in [0.3, 0.4) is 0 Å². The normalized spacial score (nSPS) is 11.3. The van der Waals surface area contributed by atoms with E-state index < -0.39 is 10.4 Å². The molecule has 1 aromatic heterocycles. The number of aromatic nitrogens is 2. The van der Waals surface area contributed by atoms with Gasteiger partial charge in [0.05, 0.1) is 22.6 Å². The molecular formula is C16H8ClN3O4S. The zero-order chi connectivity index (χ0) is 17.7. The van der Waals surface area contributed by atoms with E-state index in [1.54, 1.807) is 18.2 Å². The Morgan fingerprint density at radius 2 is 2.04 bits per heavy atom. The fraction of sp³-hybridized carbons (Fsp3) is 0.0625. The van der Waals surface area contributed by atoms with E-state index in [1.165, 1.54) is 30.6 Å². The van der Waals surface area contributed by atoms with E-state index in [-0.39, 0.29) is 16.1 Å². The predicted octanol–water partition coefficient (Wildman–Crippen LogP) is 3.88. The minimum absolute atomic E-state index is 0.0366. The van der Waals surface area contributed by atoms with Gasteiger partial charge in [-0.2, -0.15) is 0 Å². The molecule has 0 amide bonds. The third kappa shape index (κ3) is 2.30. The van der Waals surface area contributed by atoms with Crippen molar-refractivity contribution in [3.8, 4) is 16.5 Å². The van der Waals surface area contributed by atoms with Gasteiger partial charge in [0.25, 0.3) is 5.69 Å². The van der Waals surface area contributed by atoms with Crippen LogP contribution < -0.4 is 10.2 Å². The second-order valence-corrected chi connectivity index (χ2v) is 6.55. The van der Waals surface area contributed by atoms with Gasteiger partial charge >= 0.3 is 0 Å². The SMILES string of the molecule is COc1ccc2nc3c4cccc([N+](=O)[O-])c4c(=O)c(Cl)c-3sc2n1. The van der Waals surface area contributed by atoms with E-state index in [1.807, 2.05) is 0 Å². The average molecular weight is 374 g/mol. The van der Waals surface area contributed by atoms with Crippen LogP contribution in [-0.4, -0.2) is 22.0 Å². The Morgan fingerprint density at radius 1 is 1.24 bits per heavy atom. The molecule has 1 aliphatic heterocycles. The summed E-state index contributed by atoms with van der Waals surface area (Å²) in [6, 6.07) is 7.84. The second-order valence-electron chi connectivity index (χ2n) is 5.17. The van der Waals surface area contributed by atoms with Crippen molar-refractivity contribution < 1.29 is 9.66 Å². The first-order chi connectivity index (χ1) is 12.0. The number of fused-ring (bicyclic) bond motifs is 4. The van der Waals surface area contributed by atoms with Crippen LogP contribution in [0.2, 0.25) is 5.02 Å². The highest BCUT2D eigenvalue weighted by atomic mass is 35.5. The molecule has 0 bridgehead atoms. The summed E-state index contributed by atoms with van der Waals surface area (Å²) in [5.41, 5.74) is 0.149. The Hall–Kier alpha value is -2.84. The summed E-state index contributed by atoms with van der Waals surface area (Å²) in [6.45, 7) is 0. The Kier molecular flexibility index (Phi) is 3.52. The van der Waals surface area contributed by atoms with Crippen molar-refractivity contribution in [3.05, 3.63) is 55.7 Å². The summed E-state index contributed by atoms with van der Waals surface area (Å²) >= 11 is 7.43. The predicted molar refractivity (Wildman–Crippen MR) is 96.0 cm³/mol. The van der Waals surface area contributed by atoms with Gasteiger partial charge in [-0.15, -0.1) is 11.3 Å². The Morgan fingerprint density at radius 3 is 2.76 bits per heavy atom. The van der Waals surface area contributed by atoms with Crippen LogP contribution in [0, 0.1) is 10.1 Å². The Balaban J connectivity index is 2.23. The summed E-state index contributed by atoms with van der Waals surface area (Å²) in [7, 11) is 1.50. The van der Waals surface area contributed by atoms with E-state index in [0.717, 1.165) is 0 Å². The fourth-order valence-corrected chi connectivity index (χ4v) is 3.96. The Labute approximate surface area is 149 Å². The molecule has 1 aliphatic carbocycles. The van der Waals surface area contributed by atoms with Crippen molar-refractivity contribution in [2.24, 2.45) is 0 Å². The molecule has 2 aromatic rings. The van der Waals surface area contributed by atoms with E-state index >= 15 is 0 Å². The van der Waals surface area contributed by atoms with Crippen LogP contribution in [0.1, 0.15) is 0 Å². The summed E-state index contributed by atoms with van der Waals surface area (Å²) in [6.07, 6.45) is 0. The van der Waals surface area contributed by atoms with E-state index in [4.69, 9.17) is 16.3 Å². The highest BCUT2D eigenvalue weighted by Gasteiger charge is 2.25. The topological polar surface area (TPSA) is 95.2 Å². The molecule has 0 unspecified atom stereocenters. The molecule has 2 heterocycles. The number of nitrogens with zero attached hydrogens (tertiary/aromatic N) is 3.